The first kappa shape index (κ1) is 22.3. The number of carbonyl (C=O) groups is 1. The van der Waals surface area contributed by atoms with Crippen molar-refractivity contribution in [2.24, 2.45) is 0 Å². The number of halogens is 1. The first-order chi connectivity index (χ1) is 15.5. The summed E-state index contributed by atoms with van der Waals surface area (Å²) in [6.07, 6.45) is 1.04. The summed E-state index contributed by atoms with van der Waals surface area (Å²) in [5.41, 5.74) is 2.62. The van der Waals surface area contributed by atoms with Crippen LogP contribution in [0.5, 0.6) is 0 Å². The van der Waals surface area contributed by atoms with Crippen LogP contribution in [0.1, 0.15) is 18.9 Å². The lowest BCUT2D eigenvalue weighted by Gasteiger charge is -2.19. The van der Waals surface area contributed by atoms with Crippen LogP contribution < -0.4 is 0 Å². The van der Waals surface area contributed by atoms with Gasteiger partial charge >= 0.3 is 5.97 Å². The second-order valence-corrected chi connectivity index (χ2v) is 9.42. The van der Waals surface area contributed by atoms with Crippen molar-refractivity contribution >= 4 is 51.7 Å². The van der Waals surface area contributed by atoms with E-state index in [0.717, 1.165) is 22.2 Å². The van der Waals surface area contributed by atoms with Crippen LogP contribution in [0, 0.1) is 15.9 Å². The zero-order chi connectivity index (χ0) is 22.7. The van der Waals surface area contributed by atoms with E-state index in [-0.39, 0.29) is 12.3 Å². The van der Waals surface area contributed by atoms with Gasteiger partial charge in [-0.25, -0.2) is 14.2 Å². The quantitative estimate of drug-likeness (QED) is 0.194. The lowest BCUT2D eigenvalue weighted by atomic mass is 9.99. The fraction of sp³-hybridized carbons (Fsp3) is 0.217. The monoisotopic (exact) mass is 470 g/mol. The summed E-state index contributed by atoms with van der Waals surface area (Å²) in [5.74, 6) is 0.881. The van der Waals surface area contributed by atoms with Crippen molar-refractivity contribution in [3.8, 4) is 11.3 Å². The van der Waals surface area contributed by atoms with Crippen molar-refractivity contribution in [1.82, 2.24) is 4.98 Å². The molecule has 4 rings (SSSR count). The normalized spacial score (nSPS) is 13.8. The molecule has 1 aliphatic rings. The third kappa shape index (κ3) is 4.63. The van der Waals surface area contributed by atoms with Gasteiger partial charge in [0.1, 0.15) is 5.82 Å². The first-order valence-corrected chi connectivity index (χ1v) is 12.0. The van der Waals surface area contributed by atoms with Crippen LogP contribution in [0.25, 0.3) is 27.7 Å². The first-order valence-electron chi connectivity index (χ1n) is 10.0. The van der Waals surface area contributed by atoms with E-state index in [1.165, 1.54) is 24.3 Å². The maximum atomic E-state index is 14.2. The van der Waals surface area contributed by atoms with Gasteiger partial charge in [0.15, 0.2) is 0 Å². The number of aromatic nitrogens is 1. The standard InChI is InChI=1S/C23H19FN2O4S2/c1-2-30-22(27)21(23-31-10-3-11-32-23)18-13-20(14-4-7-16(8-5-14)26(28)29)25-19-9-6-15(24)12-17(18)19/h4-9,12-13H,2-3,10-11H2,1H3. The van der Waals surface area contributed by atoms with Gasteiger partial charge in [0, 0.05) is 28.6 Å². The van der Waals surface area contributed by atoms with Crippen molar-refractivity contribution in [3.63, 3.8) is 0 Å². The summed E-state index contributed by atoms with van der Waals surface area (Å²) in [4.78, 5) is 28.2. The Morgan fingerprint density at radius 1 is 1.16 bits per heavy atom. The summed E-state index contributed by atoms with van der Waals surface area (Å²) in [7, 11) is 0. The molecule has 0 spiro atoms. The predicted molar refractivity (Wildman–Crippen MR) is 127 cm³/mol. The molecule has 1 saturated heterocycles. The number of non-ortho nitro benzene ring substituents is 1. The van der Waals surface area contributed by atoms with E-state index in [9.17, 15) is 19.3 Å². The maximum Gasteiger partial charge on any atom is 0.340 e. The van der Waals surface area contributed by atoms with Gasteiger partial charge in [-0.2, -0.15) is 0 Å². The number of esters is 1. The van der Waals surface area contributed by atoms with Gasteiger partial charge in [0.25, 0.3) is 5.69 Å². The molecule has 0 unspecified atom stereocenters. The minimum absolute atomic E-state index is 0.0267. The third-order valence-electron chi connectivity index (χ3n) is 4.85. The van der Waals surface area contributed by atoms with Gasteiger partial charge in [-0.1, -0.05) is 0 Å². The molecule has 0 saturated carbocycles. The Balaban J connectivity index is 1.96. The average molecular weight is 471 g/mol. The van der Waals surface area contributed by atoms with Gasteiger partial charge in [0.05, 0.1) is 32.6 Å². The van der Waals surface area contributed by atoms with Crippen LogP contribution in [0.3, 0.4) is 0 Å². The number of fused-ring (bicyclic) bond motifs is 1. The Bertz CT molecular complexity index is 1220. The number of hydrogen-bond acceptors (Lipinski definition) is 7. The number of carbonyl (C=O) groups excluding carboxylic acids is 1. The molecular weight excluding hydrogens is 451 g/mol. The third-order valence-corrected chi connectivity index (χ3v) is 7.48. The van der Waals surface area contributed by atoms with Crippen LogP contribution in [0.15, 0.2) is 52.8 Å². The van der Waals surface area contributed by atoms with Crippen LogP contribution >= 0.6 is 23.5 Å². The molecule has 2 aromatic carbocycles. The van der Waals surface area contributed by atoms with Crippen LogP contribution in [0.4, 0.5) is 10.1 Å². The molecule has 0 bridgehead atoms. The Labute approximate surface area is 192 Å². The van der Waals surface area contributed by atoms with Crippen LogP contribution in [-0.4, -0.2) is 34.0 Å². The van der Waals surface area contributed by atoms with E-state index in [0.29, 0.717) is 33.3 Å². The number of nitro benzene ring substituents is 1. The Hall–Kier alpha value is -2.91. The predicted octanol–water partition coefficient (Wildman–Crippen LogP) is 6.05. The molecule has 164 valence electrons. The van der Waals surface area contributed by atoms with E-state index in [1.54, 1.807) is 54.7 Å². The van der Waals surface area contributed by atoms with Gasteiger partial charge in [-0.3, -0.25) is 10.1 Å². The highest BCUT2D eigenvalue weighted by molar-refractivity contribution is 8.23. The topological polar surface area (TPSA) is 82.3 Å². The molecule has 9 heteroatoms. The molecule has 0 aliphatic carbocycles. The number of thioether (sulfide) groups is 2. The number of ether oxygens (including phenoxy) is 1. The second-order valence-electron chi connectivity index (χ2n) is 6.95. The highest BCUT2D eigenvalue weighted by Gasteiger charge is 2.25. The Kier molecular flexibility index (Phi) is 6.76. The van der Waals surface area contributed by atoms with Crippen molar-refractivity contribution in [2.45, 2.75) is 13.3 Å². The molecular formula is C23H19FN2O4S2. The van der Waals surface area contributed by atoms with E-state index in [4.69, 9.17) is 4.74 Å². The van der Waals surface area contributed by atoms with Gasteiger partial charge in [-0.05, 0) is 61.2 Å². The zero-order valence-electron chi connectivity index (χ0n) is 17.2. The molecule has 0 atom stereocenters. The summed E-state index contributed by atoms with van der Waals surface area (Å²) >= 11 is 3.19. The molecule has 1 aromatic heterocycles. The molecule has 0 radical (unpaired) electrons. The molecule has 3 aromatic rings. The van der Waals surface area contributed by atoms with Crippen LogP contribution in [0.2, 0.25) is 0 Å². The lowest BCUT2D eigenvalue weighted by molar-refractivity contribution is -0.384. The SMILES string of the molecule is CCOC(=O)C(=C1SCCCS1)c1cc(-c2ccc([N+](=O)[O-])cc2)nc2ccc(F)cc12. The molecule has 6 nitrogen and oxygen atoms in total. The van der Waals surface area contributed by atoms with Gasteiger partial charge < -0.3 is 4.74 Å². The van der Waals surface area contributed by atoms with E-state index < -0.39 is 16.7 Å². The van der Waals surface area contributed by atoms with E-state index >= 15 is 0 Å². The number of pyridine rings is 1. The largest absolute Gasteiger partial charge is 0.462 e. The Morgan fingerprint density at radius 3 is 2.53 bits per heavy atom. The number of nitro groups is 1. The molecule has 0 amide bonds. The summed E-state index contributed by atoms with van der Waals surface area (Å²) < 4.78 is 20.4. The smallest absolute Gasteiger partial charge is 0.340 e. The highest BCUT2D eigenvalue weighted by atomic mass is 32.2. The summed E-state index contributed by atoms with van der Waals surface area (Å²) in [5, 5.41) is 11.5. The van der Waals surface area contributed by atoms with Gasteiger partial charge in [0.2, 0.25) is 0 Å². The fourth-order valence-corrected chi connectivity index (χ4v) is 6.03. The fourth-order valence-electron chi connectivity index (χ4n) is 3.39. The number of nitrogens with zero attached hydrogens (tertiary/aromatic N) is 2. The van der Waals surface area contributed by atoms with Crippen molar-refractivity contribution in [1.29, 1.82) is 0 Å². The second kappa shape index (κ2) is 9.70. The van der Waals surface area contributed by atoms with Gasteiger partial charge in [-0.15, -0.1) is 23.5 Å². The number of hydrogen-bond donors (Lipinski definition) is 0. The minimum Gasteiger partial charge on any atom is -0.462 e. The summed E-state index contributed by atoms with van der Waals surface area (Å²) in [6.45, 7) is 1.96. The number of benzene rings is 2. The molecule has 1 fully saturated rings. The Morgan fingerprint density at radius 2 is 1.88 bits per heavy atom. The van der Waals surface area contributed by atoms with Crippen molar-refractivity contribution in [3.05, 3.63) is 74.3 Å². The maximum absolute atomic E-state index is 14.2. The van der Waals surface area contributed by atoms with E-state index in [2.05, 4.69) is 4.98 Å². The molecule has 32 heavy (non-hydrogen) atoms. The highest BCUT2D eigenvalue weighted by Crippen LogP contribution is 2.43. The van der Waals surface area contributed by atoms with Crippen molar-refractivity contribution in [2.75, 3.05) is 18.1 Å². The van der Waals surface area contributed by atoms with E-state index in [1.807, 2.05) is 0 Å². The summed E-state index contributed by atoms with van der Waals surface area (Å²) in [6, 6.07) is 12.0. The molecule has 2 heterocycles. The van der Waals surface area contributed by atoms with Crippen molar-refractivity contribution < 1.29 is 18.8 Å². The average Bonchev–Trinajstić information content (AvgIpc) is 2.80. The zero-order valence-corrected chi connectivity index (χ0v) is 18.8. The molecule has 0 N–H and O–H groups in total. The number of rotatable bonds is 5. The molecule has 1 aliphatic heterocycles. The van der Waals surface area contributed by atoms with Crippen LogP contribution in [-0.2, 0) is 9.53 Å². The minimum atomic E-state index is -0.466. The lowest BCUT2D eigenvalue weighted by Crippen LogP contribution is -2.10.